The molecule has 7 N–H and O–H groups in total. The van der Waals surface area contributed by atoms with Gasteiger partial charge in [0.1, 0.15) is 22.8 Å². The predicted octanol–water partition coefficient (Wildman–Crippen LogP) is 2.04. The summed E-state index contributed by atoms with van der Waals surface area (Å²) < 4.78 is 0. The van der Waals surface area contributed by atoms with Crippen molar-refractivity contribution in [2.75, 3.05) is 19.4 Å². The molecule has 0 bridgehead atoms. The summed E-state index contributed by atoms with van der Waals surface area (Å²) in [7, 11) is 3.08. The highest BCUT2D eigenvalue weighted by molar-refractivity contribution is 9.10. The Bertz CT molecular complexity index is 1320. The number of primary amides is 1. The van der Waals surface area contributed by atoms with Gasteiger partial charge in [0.15, 0.2) is 11.4 Å². The van der Waals surface area contributed by atoms with E-state index in [0.717, 1.165) is 6.42 Å². The number of carbonyl (C=O) groups is 4. The number of ketones is 2. The number of hydrogen-bond acceptors (Lipinski definition) is 9. The fourth-order valence-electron chi connectivity index (χ4n) is 5.92. The smallest absolute Gasteiger partial charge is 0.255 e. The van der Waals surface area contributed by atoms with Gasteiger partial charge in [0.05, 0.1) is 22.1 Å². The molecule has 4 unspecified atom stereocenters. The van der Waals surface area contributed by atoms with Gasteiger partial charge in [-0.25, -0.2) is 0 Å². The summed E-state index contributed by atoms with van der Waals surface area (Å²) in [5.74, 6) is -7.59. The first kappa shape index (κ1) is 30.8. The van der Waals surface area contributed by atoms with Gasteiger partial charge in [0.2, 0.25) is 11.7 Å². The number of phenolic OH excluding ortho intramolecular Hbond substituents is 1. The van der Waals surface area contributed by atoms with E-state index in [1.54, 1.807) is 20.2 Å². The maximum absolute atomic E-state index is 13.8. The summed E-state index contributed by atoms with van der Waals surface area (Å²) in [6, 6.07) is 1.97. The first-order valence-electron chi connectivity index (χ1n) is 12.2. The Labute approximate surface area is 243 Å². The number of carbonyl (C=O) groups excluding carboxylic acids is 4. The third-order valence-electron chi connectivity index (χ3n) is 7.68. The van der Waals surface area contributed by atoms with Crippen molar-refractivity contribution >= 4 is 67.7 Å². The topological polar surface area (TPSA) is 190 Å². The number of fused-ring (bicyclic) bond motifs is 3. The zero-order valence-corrected chi connectivity index (χ0v) is 24.8. The molecule has 39 heavy (non-hydrogen) atoms. The Morgan fingerprint density at radius 2 is 1.87 bits per heavy atom. The van der Waals surface area contributed by atoms with Crippen LogP contribution in [0.25, 0.3) is 5.76 Å². The minimum absolute atomic E-state index is 0. The second kappa shape index (κ2) is 11.0. The maximum atomic E-state index is 13.8. The van der Waals surface area contributed by atoms with E-state index in [1.165, 1.54) is 11.0 Å². The van der Waals surface area contributed by atoms with E-state index in [-0.39, 0.29) is 46.6 Å². The average Bonchev–Trinajstić information content (AvgIpc) is 2.82. The van der Waals surface area contributed by atoms with Crippen LogP contribution < -0.4 is 11.1 Å². The second-order valence-corrected chi connectivity index (χ2v) is 11.3. The number of aliphatic hydroxyl groups excluding tert-OH is 2. The van der Waals surface area contributed by atoms with Crippen LogP contribution >= 0.6 is 32.9 Å². The van der Waals surface area contributed by atoms with Crippen molar-refractivity contribution in [3.63, 3.8) is 0 Å². The maximum Gasteiger partial charge on any atom is 0.255 e. The lowest BCUT2D eigenvalue weighted by Crippen LogP contribution is -2.65. The van der Waals surface area contributed by atoms with Gasteiger partial charge in [-0.15, -0.1) is 17.0 Å². The minimum atomic E-state index is -2.70. The number of likely N-dealkylation sites (N-methyl/N-ethyl adjacent to an activating group) is 1. The van der Waals surface area contributed by atoms with Crippen molar-refractivity contribution < 1.29 is 39.6 Å². The molecule has 1 saturated carbocycles. The molecule has 0 aromatic heterocycles. The molecule has 3 aliphatic carbocycles. The number of Topliss-reactive ketones (excluding diaryl/α,β-unsaturated/α-hetero) is 2. The van der Waals surface area contributed by atoms with Crippen LogP contribution in [0.3, 0.4) is 0 Å². The van der Waals surface area contributed by atoms with E-state index in [9.17, 15) is 39.6 Å². The van der Waals surface area contributed by atoms with Gasteiger partial charge < -0.3 is 31.5 Å². The number of phenols is 1. The summed E-state index contributed by atoms with van der Waals surface area (Å²) in [4.78, 5) is 52.4. The molecule has 1 fully saturated rings. The summed E-state index contributed by atoms with van der Waals surface area (Å²) in [5.41, 5.74) is 1.95. The first-order chi connectivity index (χ1) is 17.8. The van der Waals surface area contributed by atoms with Gasteiger partial charge in [-0.2, -0.15) is 0 Å². The number of benzene rings is 1. The normalized spacial score (nSPS) is 26.9. The zero-order chi connectivity index (χ0) is 28.3. The third kappa shape index (κ3) is 4.68. The SMILES string of the molecule is Br.CCCC(Br)C(=O)Nc1ccc2c(c1O)C(O)=C1C(=O)C3(O)C(O)=C(C(N)=O)C(=O)[C@@H](N(C)C)C3CC1C2. The zero-order valence-electron chi connectivity index (χ0n) is 21.5. The number of alkyl halides is 1. The first-order valence-corrected chi connectivity index (χ1v) is 13.1. The number of amides is 2. The number of anilines is 1. The fourth-order valence-corrected chi connectivity index (χ4v) is 6.49. The molecule has 0 aliphatic heterocycles. The lowest BCUT2D eigenvalue weighted by atomic mass is 9.57. The predicted molar refractivity (Wildman–Crippen MR) is 151 cm³/mol. The number of halogens is 2. The molecular formula is C26H31Br2N3O8. The lowest BCUT2D eigenvalue weighted by molar-refractivity contribution is -0.153. The molecule has 0 heterocycles. The Morgan fingerprint density at radius 3 is 2.44 bits per heavy atom. The minimum Gasteiger partial charge on any atom is -0.508 e. The second-order valence-electron chi connectivity index (χ2n) is 10.2. The third-order valence-corrected chi connectivity index (χ3v) is 8.55. The van der Waals surface area contributed by atoms with Gasteiger partial charge in [-0.05, 0) is 50.9 Å². The van der Waals surface area contributed by atoms with Crippen molar-refractivity contribution in [3.8, 4) is 5.75 Å². The fraction of sp³-hybridized carbons (Fsp3) is 0.462. The molecule has 1 aromatic carbocycles. The van der Waals surface area contributed by atoms with Crippen LogP contribution in [0, 0.1) is 11.8 Å². The largest absolute Gasteiger partial charge is 0.508 e. The van der Waals surface area contributed by atoms with Crippen LogP contribution in [-0.2, 0) is 25.6 Å². The van der Waals surface area contributed by atoms with Gasteiger partial charge in [0.25, 0.3) is 5.91 Å². The average molecular weight is 673 g/mol. The number of nitrogens with one attached hydrogen (secondary N) is 1. The molecule has 0 spiro atoms. The van der Waals surface area contributed by atoms with E-state index < -0.39 is 74.5 Å². The summed E-state index contributed by atoms with van der Waals surface area (Å²) >= 11 is 3.29. The monoisotopic (exact) mass is 671 g/mol. The molecule has 1 aromatic rings. The van der Waals surface area contributed by atoms with Gasteiger partial charge in [-0.3, -0.25) is 24.1 Å². The van der Waals surface area contributed by atoms with Crippen molar-refractivity contribution in [1.29, 1.82) is 0 Å². The van der Waals surface area contributed by atoms with Crippen LogP contribution in [0.2, 0.25) is 0 Å². The summed E-state index contributed by atoms with van der Waals surface area (Å²) in [6.07, 6.45) is 1.49. The van der Waals surface area contributed by atoms with Crippen LogP contribution in [-0.4, -0.2) is 79.3 Å². The summed E-state index contributed by atoms with van der Waals surface area (Å²) in [6.45, 7) is 1.92. The molecule has 2 amide bonds. The number of aliphatic hydroxyl groups is 3. The van der Waals surface area contributed by atoms with Crippen LogP contribution in [0.15, 0.2) is 29.0 Å². The Balaban J connectivity index is 0.00000420. The van der Waals surface area contributed by atoms with Crippen molar-refractivity contribution in [2.24, 2.45) is 17.6 Å². The highest BCUT2D eigenvalue weighted by Crippen LogP contribution is 2.53. The van der Waals surface area contributed by atoms with Crippen LogP contribution in [0.4, 0.5) is 5.69 Å². The van der Waals surface area contributed by atoms with E-state index in [4.69, 9.17) is 5.73 Å². The number of nitrogens with two attached hydrogens (primary N) is 1. The molecule has 0 saturated heterocycles. The van der Waals surface area contributed by atoms with Gasteiger partial charge in [-0.1, -0.05) is 35.3 Å². The van der Waals surface area contributed by atoms with E-state index >= 15 is 0 Å². The number of rotatable bonds is 6. The van der Waals surface area contributed by atoms with Gasteiger partial charge in [0, 0.05) is 11.5 Å². The quantitative estimate of drug-likeness (QED) is 0.149. The van der Waals surface area contributed by atoms with Gasteiger partial charge >= 0.3 is 0 Å². The molecule has 212 valence electrons. The molecule has 0 radical (unpaired) electrons. The van der Waals surface area contributed by atoms with E-state index in [1.807, 2.05) is 6.92 Å². The molecule has 4 rings (SSSR count). The van der Waals surface area contributed by atoms with Crippen LogP contribution in [0.1, 0.15) is 37.3 Å². The van der Waals surface area contributed by atoms with E-state index in [0.29, 0.717) is 12.0 Å². The van der Waals surface area contributed by atoms with Crippen molar-refractivity contribution in [1.82, 2.24) is 4.90 Å². The number of hydrogen-bond donors (Lipinski definition) is 6. The van der Waals surface area contributed by atoms with E-state index in [2.05, 4.69) is 21.2 Å². The number of aromatic hydroxyl groups is 1. The Kier molecular flexibility index (Phi) is 8.71. The number of nitrogens with zero attached hydrogens (tertiary/aromatic N) is 1. The molecule has 11 nitrogen and oxygen atoms in total. The Hall–Kier alpha value is -2.74. The molecule has 5 atom stereocenters. The highest BCUT2D eigenvalue weighted by atomic mass is 79.9. The molecule has 13 heteroatoms. The molecule has 3 aliphatic rings. The van der Waals surface area contributed by atoms with Crippen LogP contribution in [0.5, 0.6) is 5.75 Å². The standard InChI is InChI=1S/C26H30BrN3O8.BrH/c1-4-5-13(27)25(37)29-14-7-6-10-8-11-9-12-18(30(2)3)21(33)17(24(28)36)23(35)26(12,38)22(34)16(11)20(32)15(10)19(14)31;/h6-7,11-13,18,31-32,35,38H,4-5,8-9H2,1-3H3,(H2,28,36)(H,29,37);1H/t11?,12?,13?,18-,26?;/m0./s1. The highest BCUT2D eigenvalue weighted by Gasteiger charge is 2.64. The summed E-state index contributed by atoms with van der Waals surface area (Å²) in [5, 5.41) is 47.3. The molecular weight excluding hydrogens is 642 g/mol. The lowest BCUT2D eigenvalue weighted by Gasteiger charge is -2.50. The Morgan fingerprint density at radius 1 is 1.23 bits per heavy atom. The van der Waals surface area contributed by atoms with Crippen molar-refractivity contribution in [3.05, 3.63) is 40.2 Å². The van der Waals surface area contributed by atoms with Crippen molar-refractivity contribution in [2.45, 2.75) is 49.1 Å².